The summed E-state index contributed by atoms with van der Waals surface area (Å²) >= 11 is 5.60. The highest BCUT2D eigenvalue weighted by Crippen LogP contribution is 2.44. The Balaban J connectivity index is 2.14. The molecule has 0 fully saturated rings. The smallest absolute Gasteiger partial charge is 0.196 e. The topological polar surface area (TPSA) is 32.3 Å². The number of hydrogen-bond acceptors (Lipinski definition) is 3. The minimum Gasteiger partial charge on any atom is -0.373 e. The number of hydrogen-bond donors (Lipinski definition) is 1. The van der Waals surface area contributed by atoms with E-state index in [4.69, 9.17) is 12.2 Å². The SMILES string of the molecule is CCN(CC)CCCNC(=S)P(=O)(c1ccccc1)c1ccccc1. The molecule has 0 unspecified atom stereocenters. The van der Waals surface area contributed by atoms with Crippen molar-refractivity contribution in [1.82, 2.24) is 10.2 Å². The maximum Gasteiger partial charge on any atom is 0.196 e. The van der Waals surface area contributed by atoms with Crippen molar-refractivity contribution in [3.63, 3.8) is 0 Å². The van der Waals surface area contributed by atoms with E-state index >= 15 is 0 Å². The highest BCUT2D eigenvalue weighted by molar-refractivity contribution is 8.07. The monoisotopic (exact) mass is 374 g/mol. The summed E-state index contributed by atoms with van der Waals surface area (Å²) in [6.07, 6.45) is 0.978. The van der Waals surface area contributed by atoms with Crippen molar-refractivity contribution in [3.8, 4) is 0 Å². The predicted octanol–water partition coefficient (Wildman–Crippen LogP) is 3.61. The molecule has 0 aliphatic rings. The van der Waals surface area contributed by atoms with Gasteiger partial charge in [0.2, 0.25) is 0 Å². The average molecular weight is 374 g/mol. The van der Waals surface area contributed by atoms with Gasteiger partial charge in [0.25, 0.3) is 0 Å². The van der Waals surface area contributed by atoms with Gasteiger partial charge in [0.15, 0.2) is 7.14 Å². The molecule has 0 atom stereocenters. The molecule has 0 bridgehead atoms. The van der Waals surface area contributed by atoms with E-state index in [1.807, 2.05) is 60.7 Å². The Labute approximate surface area is 156 Å². The van der Waals surface area contributed by atoms with Crippen LogP contribution in [0.5, 0.6) is 0 Å². The summed E-state index contributed by atoms with van der Waals surface area (Å²) in [6, 6.07) is 19.1. The van der Waals surface area contributed by atoms with Gasteiger partial charge in [-0.05, 0) is 26.1 Å². The fourth-order valence-corrected chi connectivity index (χ4v) is 5.83. The molecule has 5 heteroatoms. The second kappa shape index (κ2) is 9.86. The zero-order chi connectivity index (χ0) is 18.1. The lowest BCUT2D eigenvalue weighted by molar-refractivity contribution is 0.300. The standard InChI is InChI=1S/C20H27N2OPS/c1-3-22(4-2)17-11-16-21-20(25)24(23,18-12-7-5-8-13-18)19-14-9-6-10-15-19/h5-10,12-15H,3-4,11,16-17H2,1-2H3,(H,21,25). The van der Waals surface area contributed by atoms with Gasteiger partial charge >= 0.3 is 0 Å². The molecule has 0 amide bonds. The van der Waals surface area contributed by atoms with E-state index in [-0.39, 0.29) is 0 Å². The normalized spacial score (nSPS) is 11.5. The molecular weight excluding hydrogens is 347 g/mol. The summed E-state index contributed by atoms with van der Waals surface area (Å²) in [7, 11) is -2.99. The van der Waals surface area contributed by atoms with Gasteiger partial charge in [-0.1, -0.05) is 86.7 Å². The first kappa shape index (κ1) is 19.8. The summed E-state index contributed by atoms with van der Waals surface area (Å²) in [5.41, 5.74) is 0. The van der Waals surface area contributed by atoms with Crippen LogP contribution in [0.1, 0.15) is 20.3 Å². The first-order chi connectivity index (χ1) is 12.1. The second-order valence-electron chi connectivity index (χ2n) is 5.89. The Hall–Kier alpha value is -1.48. The first-order valence-corrected chi connectivity index (χ1v) is 11.0. The molecule has 0 radical (unpaired) electrons. The third-order valence-electron chi connectivity index (χ3n) is 4.35. The second-order valence-corrected chi connectivity index (χ2v) is 9.30. The Morgan fingerprint density at radius 1 is 0.960 bits per heavy atom. The minimum atomic E-state index is -2.99. The maximum absolute atomic E-state index is 13.9. The van der Waals surface area contributed by atoms with Crippen molar-refractivity contribution >= 4 is 34.7 Å². The van der Waals surface area contributed by atoms with E-state index in [1.165, 1.54) is 0 Å². The number of nitrogens with zero attached hydrogens (tertiary/aromatic N) is 1. The van der Waals surface area contributed by atoms with Crippen molar-refractivity contribution < 1.29 is 4.57 Å². The molecule has 1 N–H and O–H groups in total. The van der Waals surface area contributed by atoms with Crippen LogP contribution in [0.2, 0.25) is 0 Å². The highest BCUT2D eigenvalue weighted by atomic mass is 32.1. The van der Waals surface area contributed by atoms with Crippen LogP contribution in [-0.2, 0) is 4.57 Å². The Morgan fingerprint density at radius 2 is 1.44 bits per heavy atom. The molecule has 3 nitrogen and oxygen atoms in total. The van der Waals surface area contributed by atoms with Crippen molar-refractivity contribution in [2.45, 2.75) is 20.3 Å². The molecular formula is C20H27N2OPS. The van der Waals surface area contributed by atoms with E-state index in [0.29, 0.717) is 4.73 Å². The molecule has 25 heavy (non-hydrogen) atoms. The number of benzene rings is 2. The fourth-order valence-electron chi connectivity index (χ4n) is 2.81. The van der Waals surface area contributed by atoms with Crippen LogP contribution in [0.25, 0.3) is 0 Å². The van der Waals surface area contributed by atoms with Crippen molar-refractivity contribution in [2.24, 2.45) is 0 Å². The lowest BCUT2D eigenvalue weighted by atomic mass is 10.3. The molecule has 0 aliphatic carbocycles. The number of thiocarbonyl (C=S) groups is 1. The predicted molar refractivity (Wildman–Crippen MR) is 113 cm³/mol. The van der Waals surface area contributed by atoms with E-state index < -0.39 is 7.14 Å². The van der Waals surface area contributed by atoms with Crippen LogP contribution in [0.4, 0.5) is 0 Å². The van der Waals surface area contributed by atoms with Crippen molar-refractivity contribution in [3.05, 3.63) is 60.7 Å². The van der Waals surface area contributed by atoms with Gasteiger partial charge < -0.3 is 14.8 Å². The molecule has 0 heterocycles. The van der Waals surface area contributed by atoms with Gasteiger partial charge in [0.05, 0.1) is 0 Å². The van der Waals surface area contributed by atoms with Crippen LogP contribution in [0.15, 0.2) is 60.7 Å². The Bertz CT molecular complexity index is 659. The molecule has 0 saturated heterocycles. The maximum atomic E-state index is 13.9. The van der Waals surface area contributed by atoms with Gasteiger partial charge in [-0.2, -0.15) is 0 Å². The summed E-state index contributed by atoms with van der Waals surface area (Å²) in [5.74, 6) is 0. The summed E-state index contributed by atoms with van der Waals surface area (Å²) in [6.45, 7) is 8.19. The molecule has 2 rings (SSSR count). The lowest BCUT2D eigenvalue weighted by Gasteiger charge is -2.22. The van der Waals surface area contributed by atoms with Crippen LogP contribution in [0.3, 0.4) is 0 Å². The van der Waals surface area contributed by atoms with Gasteiger partial charge in [-0.15, -0.1) is 0 Å². The fraction of sp³-hybridized carbons (Fsp3) is 0.350. The van der Waals surface area contributed by atoms with Gasteiger partial charge in [0, 0.05) is 17.2 Å². The molecule has 0 aliphatic heterocycles. The van der Waals surface area contributed by atoms with Gasteiger partial charge in [-0.25, -0.2) is 0 Å². The Morgan fingerprint density at radius 3 is 1.88 bits per heavy atom. The summed E-state index contributed by atoms with van der Waals surface area (Å²) < 4.78 is 14.4. The largest absolute Gasteiger partial charge is 0.373 e. The molecule has 134 valence electrons. The van der Waals surface area contributed by atoms with E-state index in [1.54, 1.807) is 0 Å². The van der Waals surface area contributed by atoms with Gasteiger partial charge in [0.1, 0.15) is 4.73 Å². The van der Waals surface area contributed by atoms with Crippen LogP contribution in [0, 0.1) is 0 Å². The van der Waals surface area contributed by atoms with Crippen molar-refractivity contribution in [2.75, 3.05) is 26.2 Å². The van der Waals surface area contributed by atoms with Crippen LogP contribution in [-0.4, -0.2) is 35.8 Å². The van der Waals surface area contributed by atoms with Gasteiger partial charge in [-0.3, -0.25) is 0 Å². The molecule has 0 saturated carbocycles. The number of nitrogens with one attached hydrogen (secondary N) is 1. The first-order valence-electron chi connectivity index (χ1n) is 8.85. The minimum absolute atomic E-state index is 0.449. The quantitative estimate of drug-likeness (QED) is 0.413. The molecule has 2 aromatic carbocycles. The molecule has 0 spiro atoms. The average Bonchev–Trinajstić information content (AvgIpc) is 2.68. The highest BCUT2D eigenvalue weighted by Gasteiger charge is 2.32. The lowest BCUT2D eigenvalue weighted by Crippen LogP contribution is -2.33. The van der Waals surface area contributed by atoms with Crippen molar-refractivity contribution in [1.29, 1.82) is 0 Å². The van der Waals surface area contributed by atoms with E-state index in [0.717, 1.165) is 43.2 Å². The van der Waals surface area contributed by atoms with E-state index in [2.05, 4.69) is 24.1 Å². The zero-order valence-corrected chi connectivity index (χ0v) is 16.7. The van der Waals surface area contributed by atoms with Crippen LogP contribution >= 0.6 is 19.4 Å². The third kappa shape index (κ3) is 5.01. The van der Waals surface area contributed by atoms with E-state index in [9.17, 15) is 4.57 Å². The van der Waals surface area contributed by atoms with Crippen LogP contribution < -0.4 is 15.9 Å². The summed E-state index contributed by atoms with van der Waals surface area (Å²) in [4.78, 5) is 2.37. The Kier molecular flexibility index (Phi) is 7.83. The zero-order valence-electron chi connectivity index (χ0n) is 15.0. The third-order valence-corrected chi connectivity index (χ3v) is 8.04. The number of rotatable bonds is 9. The molecule has 0 aromatic heterocycles. The summed E-state index contributed by atoms with van der Waals surface area (Å²) in [5, 5.41) is 4.83. The molecule has 2 aromatic rings.